The Kier molecular flexibility index (Phi) is 6.98. The van der Waals surface area contributed by atoms with Crippen LogP contribution in [0.25, 0.3) is 5.69 Å². The lowest BCUT2D eigenvalue weighted by Gasteiger charge is -2.34. The average Bonchev–Trinajstić information content (AvgIpc) is 3.23. The highest BCUT2D eigenvalue weighted by molar-refractivity contribution is 6.30. The Labute approximate surface area is 200 Å². The maximum atomic E-state index is 13.5. The molecule has 2 saturated heterocycles. The second-order valence-electron chi connectivity index (χ2n) is 9.93. The number of carbonyl (C=O) groups is 2. The van der Waals surface area contributed by atoms with Gasteiger partial charge in [0.05, 0.1) is 23.1 Å². The molecule has 2 aliphatic rings. The maximum absolute atomic E-state index is 13.5. The smallest absolute Gasteiger partial charge is 0.410 e. The molecule has 2 aromatic rings. The van der Waals surface area contributed by atoms with Crippen LogP contribution in [0.5, 0.6) is 0 Å². The van der Waals surface area contributed by atoms with Crippen molar-refractivity contribution in [3.63, 3.8) is 0 Å². The van der Waals surface area contributed by atoms with E-state index in [0.29, 0.717) is 23.7 Å². The van der Waals surface area contributed by atoms with Crippen molar-refractivity contribution in [3.8, 4) is 5.69 Å². The first kappa shape index (κ1) is 23.6. The number of halogens is 1. The first-order chi connectivity index (χ1) is 15.7. The van der Waals surface area contributed by atoms with Crippen LogP contribution in [0.1, 0.15) is 74.8 Å². The van der Waals surface area contributed by atoms with Crippen molar-refractivity contribution >= 4 is 23.6 Å². The molecule has 0 spiro atoms. The fraction of sp³-hybridized carbons (Fsp3) is 0.560. The molecule has 0 bridgehead atoms. The minimum atomic E-state index is -0.521. The van der Waals surface area contributed by atoms with Crippen LogP contribution in [0.4, 0.5) is 4.79 Å². The van der Waals surface area contributed by atoms with E-state index in [9.17, 15) is 9.59 Å². The van der Waals surface area contributed by atoms with Crippen LogP contribution in [-0.4, -0.2) is 63.4 Å². The SMILES string of the molecule is CC(C)(C)OC(=O)N1CCC(c2c(C(=O)N3CCCCC3)cnn2-c2cccc(Cl)c2)CC1. The Bertz CT molecular complexity index is 999. The number of piperidine rings is 2. The predicted octanol–water partition coefficient (Wildman–Crippen LogP) is 5.27. The minimum absolute atomic E-state index is 0.0487. The predicted molar refractivity (Wildman–Crippen MR) is 128 cm³/mol. The molecule has 0 saturated carbocycles. The zero-order valence-corrected chi connectivity index (χ0v) is 20.5. The first-order valence-electron chi connectivity index (χ1n) is 11.8. The molecule has 2 aliphatic heterocycles. The zero-order chi connectivity index (χ0) is 23.6. The van der Waals surface area contributed by atoms with E-state index in [1.807, 2.05) is 54.6 Å². The molecule has 178 valence electrons. The largest absolute Gasteiger partial charge is 0.444 e. The quantitative estimate of drug-likeness (QED) is 0.610. The van der Waals surface area contributed by atoms with E-state index in [4.69, 9.17) is 16.3 Å². The van der Waals surface area contributed by atoms with E-state index in [1.165, 1.54) is 6.42 Å². The highest BCUT2D eigenvalue weighted by Crippen LogP contribution is 2.34. The Hall–Kier alpha value is -2.54. The summed E-state index contributed by atoms with van der Waals surface area (Å²) >= 11 is 6.26. The van der Waals surface area contributed by atoms with Gasteiger partial charge in [0.15, 0.2) is 0 Å². The molecule has 0 unspecified atom stereocenters. The molecule has 8 heteroatoms. The fourth-order valence-electron chi connectivity index (χ4n) is 4.66. The molecule has 7 nitrogen and oxygen atoms in total. The second-order valence-corrected chi connectivity index (χ2v) is 10.4. The lowest BCUT2D eigenvalue weighted by molar-refractivity contribution is 0.0203. The van der Waals surface area contributed by atoms with Gasteiger partial charge < -0.3 is 14.5 Å². The monoisotopic (exact) mass is 472 g/mol. The lowest BCUT2D eigenvalue weighted by atomic mass is 9.90. The molecule has 0 atom stereocenters. The summed E-state index contributed by atoms with van der Waals surface area (Å²) in [6.45, 7) is 8.36. The van der Waals surface area contributed by atoms with Gasteiger partial charge in [0.2, 0.25) is 0 Å². The summed E-state index contributed by atoms with van der Waals surface area (Å²) in [4.78, 5) is 29.7. The minimum Gasteiger partial charge on any atom is -0.444 e. The molecule has 4 rings (SSSR count). The third-order valence-electron chi connectivity index (χ3n) is 6.27. The first-order valence-corrected chi connectivity index (χ1v) is 12.2. The van der Waals surface area contributed by atoms with Crippen LogP contribution < -0.4 is 0 Å². The number of carbonyl (C=O) groups excluding carboxylic acids is 2. The van der Waals surface area contributed by atoms with Gasteiger partial charge in [-0.2, -0.15) is 5.10 Å². The number of ether oxygens (including phenoxy) is 1. The maximum Gasteiger partial charge on any atom is 0.410 e. The summed E-state index contributed by atoms with van der Waals surface area (Å²) < 4.78 is 7.40. The Morgan fingerprint density at radius 1 is 1.03 bits per heavy atom. The van der Waals surface area contributed by atoms with Crippen LogP contribution in [0.2, 0.25) is 5.02 Å². The van der Waals surface area contributed by atoms with Crippen LogP contribution in [0, 0.1) is 0 Å². The summed E-state index contributed by atoms with van der Waals surface area (Å²) in [5, 5.41) is 5.25. The van der Waals surface area contributed by atoms with Crippen LogP contribution in [-0.2, 0) is 4.74 Å². The summed E-state index contributed by atoms with van der Waals surface area (Å²) in [5.41, 5.74) is 1.89. The Balaban J connectivity index is 1.61. The molecule has 0 aliphatic carbocycles. The third kappa shape index (κ3) is 5.52. The van der Waals surface area contributed by atoms with Crippen molar-refractivity contribution in [2.45, 2.75) is 64.4 Å². The normalized spacial score (nSPS) is 17.8. The van der Waals surface area contributed by atoms with Crippen molar-refractivity contribution in [1.82, 2.24) is 19.6 Å². The number of likely N-dealkylation sites (tertiary alicyclic amines) is 2. The highest BCUT2D eigenvalue weighted by Gasteiger charge is 2.33. The van der Waals surface area contributed by atoms with Gasteiger partial charge in [0, 0.05) is 37.1 Å². The van der Waals surface area contributed by atoms with Crippen LogP contribution in [0.15, 0.2) is 30.5 Å². The van der Waals surface area contributed by atoms with Crippen LogP contribution >= 0.6 is 11.6 Å². The van der Waals surface area contributed by atoms with Gasteiger partial charge in [-0.3, -0.25) is 4.79 Å². The molecule has 2 amide bonds. The Morgan fingerprint density at radius 3 is 2.36 bits per heavy atom. The zero-order valence-electron chi connectivity index (χ0n) is 19.7. The highest BCUT2D eigenvalue weighted by atomic mass is 35.5. The second kappa shape index (κ2) is 9.75. The molecular formula is C25H33ClN4O3. The van der Waals surface area contributed by atoms with Crippen molar-refractivity contribution in [1.29, 1.82) is 0 Å². The summed E-state index contributed by atoms with van der Waals surface area (Å²) in [5.74, 6) is 0.154. The van der Waals surface area contributed by atoms with Gasteiger partial charge in [0.1, 0.15) is 5.60 Å². The molecule has 1 aromatic heterocycles. The Morgan fingerprint density at radius 2 is 1.73 bits per heavy atom. The van der Waals surface area contributed by atoms with Gasteiger partial charge in [-0.1, -0.05) is 17.7 Å². The van der Waals surface area contributed by atoms with Gasteiger partial charge in [-0.05, 0) is 71.1 Å². The molecule has 3 heterocycles. The van der Waals surface area contributed by atoms with Crippen molar-refractivity contribution in [3.05, 3.63) is 46.7 Å². The molecular weight excluding hydrogens is 440 g/mol. The fourth-order valence-corrected chi connectivity index (χ4v) is 4.84. The van der Waals surface area contributed by atoms with Crippen molar-refractivity contribution in [2.24, 2.45) is 0 Å². The van der Waals surface area contributed by atoms with E-state index in [2.05, 4.69) is 5.10 Å². The summed E-state index contributed by atoms with van der Waals surface area (Å²) in [6, 6.07) is 7.53. The standard InChI is InChI=1S/C25H33ClN4O3/c1-25(2,3)33-24(32)29-14-10-18(11-15-29)22-21(23(31)28-12-5-4-6-13-28)17-27-30(22)20-9-7-8-19(26)16-20/h7-9,16-18H,4-6,10-15H2,1-3H3. The number of hydrogen-bond acceptors (Lipinski definition) is 4. The molecule has 2 fully saturated rings. The van der Waals surface area contributed by atoms with Crippen molar-refractivity contribution in [2.75, 3.05) is 26.2 Å². The molecule has 0 radical (unpaired) electrons. The van der Waals surface area contributed by atoms with Gasteiger partial charge in [-0.25, -0.2) is 9.48 Å². The summed E-state index contributed by atoms with van der Waals surface area (Å²) in [6.07, 6.45) is 6.15. The van der Waals surface area contributed by atoms with Gasteiger partial charge in [-0.15, -0.1) is 0 Å². The van der Waals surface area contributed by atoms with Gasteiger partial charge >= 0.3 is 6.09 Å². The van der Waals surface area contributed by atoms with E-state index >= 15 is 0 Å². The van der Waals surface area contributed by atoms with E-state index < -0.39 is 5.60 Å². The summed E-state index contributed by atoms with van der Waals surface area (Å²) in [7, 11) is 0. The lowest BCUT2D eigenvalue weighted by Crippen LogP contribution is -2.42. The number of amides is 2. The van der Waals surface area contributed by atoms with E-state index in [-0.39, 0.29) is 17.9 Å². The van der Waals surface area contributed by atoms with E-state index in [0.717, 1.165) is 50.2 Å². The number of hydrogen-bond donors (Lipinski definition) is 0. The number of aromatic nitrogens is 2. The molecule has 0 N–H and O–H groups in total. The number of benzene rings is 1. The molecule has 1 aromatic carbocycles. The van der Waals surface area contributed by atoms with E-state index in [1.54, 1.807) is 11.1 Å². The van der Waals surface area contributed by atoms with Gasteiger partial charge in [0.25, 0.3) is 5.91 Å². The van der Waals surface area contributed by atoms with Crippen LogP contribution in [0.3, 0.4) is 0 Å². The van der Waals surface area contributed by atoms with Crippen molar-refractivity contribution < 1.29 is 14.3 Å². The topological polar surface area (TPSA) is 67.7 Å². The average molecular weight is 473 g/mol. The molecule has 33 heavy (non-hydrogen) atoms. The third-order valence-corrected chi connectivity index (χ3v) is 6.50. The number of rotatable bonds is 3. The number of nitrogens with zero attached hydrogens (tertiary/aromatic N) is 4.